The summed E-state index contributed by atoms with van der Waals surface area (Å²) in [7, 11) is 1.58. The highest BCUT2D eigenvalue weighted by Gasteiger charge is 2.11. The Morgan fingerprint density at radius 1 is 1.40 bits per heavy atom. The standard InChI is InChI=1S/C14H15NO4S/c1-3-19-11-5-4-9(6-12(11)18-2)14-15-8-10(20-14)7-13(16)17/h4-6,8H,3,7H2,1-2H3,(H,16,17). The van der Waals surface area contributed by atoms with Gasteiger partial charge in [-0.3, -0.25) is 4.79 Å². The maximum absolute atomic E-state index is 10.7. The van der Waals surface area contributed by atoms with Gasteiger partial charge >= 0.3 is 5.97 Å². The quantitative estimate of drug-likeness (QED) is 0.887. The third-order valence-electron chi connectivity index (χ3n) is 2.59. The number of nitrogens with zero attached hydrogens (tertiary/aromatic N) is 1. The first-order valence-electron chi connectivity index (χ1n) is 6.11. The number of hydrogen-bond donors (Lipinski definition) is 1. The van der Waals surface area contributed by atoms with Crippen molar-refractivity contribution in [1.29, 1.82) is 0 Å². The van der Waals surface area contributed by atoms with Crippen LogP contribution in [0.3, 0.4) is 0 Å². The molecule has 0 saturated heterocycles. The zero-order valence-electron chi connectivity index (χ0n) is 11.3. The second-order valence-corrected chi connectivity index (χ2v) is 5.12. The SMILES string of the molecule is CCOc1ccc(-c2ncc(CC(=O)O)s2)cc1OC. The molecule has 106 valence electrons. The summed E-state index contributed by atoms with van der Waals surface area (Å²) < 4.78 is 10.7. The summed E-state index contributed by atoms with van der Waals surface area (Å²) in [6.07, 6.45) is 1.59. The van der Waals surface area contributed by atoms with Crippen molar-refractivity contribution < 1.29 is 19.4 Å². The largest absolute Gasteiger partial charge is 0.493 e. The molecule has 0 aliphatic carbocycles. The van der Waals surface area contributed by atoms with Crippen LogP contribution in [-0.2, 0) is 11.2 Å². The third-order valence-corrected chi connectivity index (χ3v) is 3.64. The highest BCUT2D eigenvalue weighted by Crippen LogP contribution is 2.34. The van der Waals surface area contributed by atoms with Crippen molar-refractivity contribution in [2.45, 2.75) is 13.3 Å². The summed E-state index contributed by atoms with van der Waals surface area (Å²) >= 11 is 1.36. The summed E-state index contributed by atoms with van der Waals surface area (Å²) in [6.45, 7) is 2.47. The molecule has 0 fully saturated rings. The highest BCUT2D eigenvalue weighted by atomic mass is 32.1. The van der Waals surface area contributed by atoms with Crippen molar-refractivity contribution in [3.8, 4) is 22.1 Å². The molecule has 6 heteroatoms. The van der Waals surface area contributed by atoms with Crippen LogP contribution in [0.15, 0.2) is 24.4 Å². The molecule has 0 saturated carbocycles. The summed E-state index contributed by atoms with van der Waals surface area (Å²) in [5.74, 6) is 0.463. The smallest absolute Gasteiger partial charge is 0.308 e. The number of aliphatic carboxylic acids is 1. The van der Waals surface area contributed by atoms with E-state index in [0.29, 0.717) is 18.1 Å². The molecule has 5 nitrogen and oxygen atoms in total. The maximum atomic E-state index is 10.7. The Balaban J connectivity index is 2.28. The van der Waals surface area contributed by atoms with E-state index in [1.54, 1.807) is 13.3 Å². The van der Waals surface area contributed by atoms with Crippen LogP contribution in [0.4, 0.5) is 0 Å². The monoisotopic (exact) mass is 293 g/mol. The van der Waals surface area contributed by atoms with Crippen LogP contribution in [-0.4, -0.2) is 29.8 Å². The highest BCUT2D eigenvalue weighted by molar-refractivity contribution is 7.15. The summed E-state index contributed by atoms with van der Waals surface area (Å²) in [5, 5.41) is 9.53. The van der Waals surface area contributed by atoms with Crippen LogP contribution in [0.1, 0.15) is 11.8 Å². The molecular weight excluding hydrogens is 278 g/mol. The number of thiazole rings is 1. The van der Waals surface area contributed by atoms with Crippen LogP contribution < -0.4 is 9.47 Å². The lowest BCUT2D eigenvalue weighted by Crippen LogP contribution is -1.97. The minimum absolute atomic E-state index is 0.00810. The number of hydrogen-bond acceptors (Lipinski definition) is 5. The molecule has 1 aromatic heterocycles. The first-order valence-corrected chi connectivity index (χ1v) is 6.93. The van der Waals surface area contributed by atoms with Crippen molar-refractivity contribution in [3.05, 3.63) is 29.3 Å². The van der Waals surface area contributed by atoms with E-state index in [9.17, 15) is 4.79 Å². The van der Waals surface area contributed by atoms with E-state index in [2.05, 4.69) is 4.98 Å². The van der Waals surface area contributed by atoms with E-state index in [0.717, 1.165) is 15.4 Å². The van der Waals surface area contributed by atoms with Crippen LogP contribution in [0, 0.1) is 0 Å². The first-order chi connectivity index (χ1) is 9.63. The van der Waals surface area contributed by atoms with E-state index in [4.69, 9.17) is 14.6 Å². The van der Waals surface area contributed by atoms with Crippen molar-refractivity contribution in [2.75, 3.05) is 13.7 Å². The second kappa shape index (κ2) is 6.38. The Morgan fingerprint density at radius 2 is 2.20 bits per heavy atom. The molecule has 2 rings (SSSR count). The Morgan fingerprint density at radius 3 is 2.85 bits per heavy atom. The lowest BCUT2D eigenvalue weighted by atomic mass is 10.2. The van der Waals surface area contributed by atoms with Gasteiger partial charge in [0.25, 0.3) is 0 Å². The lowest BCUT2D eigenvalue weighted by molar-refractivity contribution is -0.136. The van der Waals surface area contributed by atoms with Gasteiger partial charge in [0, 0.05) is 16.6 Å². The topological polar surface area (TPSA) is 68.7 Å². The van der Waals surface area contributed by atoms with Gasteiger partial charge in [-0.1, -0.05) is 0 Å². The Bertz CT molecular complexity index is 609. The van der Waals surface area contributed by atoms with Gasteiger partial charge in [0.15, 0.2) is 11.5 Å². The summed E-state index contributed by atoms with van der Waals surface area (Å²) in [6, 6.07) is 5.56. The van der Waals surface area contributed by atoms with Crippen LogP contribution in [0.2, 0.25) is 0 Å². The second-order valence-electron chi connectivity index (χ2n) is 4.00. The van der Waals surface area contributed by atoms with E-state index >= 15 is 0 Å². The van der Waals surface area contributed by atoms with Gasteiger partial charge in [0.2, 0.25) is 0 Å². The van der Waals surface area contributed by atoms with Crippen LogP contribution >= 0.6 is 11.3 Å². The van der Waals surface area contributed by atoms with E-state index in [-0.39, 0.29) is 6.42 Å². The molecule has 0 radical (unpaired) electrons. The Hall–Kier alpha value is -2.08. The number of carboxylic acids is 1. The molecule has 20 heavy (non-hydrogen) atoms. The number of methoxy groups -OCH3 is 1. The molecule has 0 aliphatic rings. The molecule has 2 aromatic rings. The molecular formula is C14H15NO4S. The van der Waals surface area contributed by atoms with E-state index in [1.807, 2.05) is 25.1 Å². The average Bonchev–Trinajstić information content (AvgIpc) is 2.87. The van der Waals surface area contributed by atoms with Crippen molar-refractivity contribution in [2.24, 2.45) is 0 Å². The number of aromatic nitrogens is 1. The fraction of sp³-hybridized carbons (Fsp3) is 0.286. The number of ether oxygens (including phenoxy) is 2. The van der Waals surface area contributed by atoms with Crippen molar-refractivity contribution in [1.82, 2.24) is 4.98 Å². The molecule has 1 aromatic carbocycles. The fourth-order valence-corrected chi connectivity index (χ4v) is 2.65. The van der Waals surface area contributed by atoms with Crippen LogP contribution in [0.25, 0.3) is 10.6 Å². The predicted molar refractivity (Wildman–Crippen MR) is 76.6 cm³/mol. The first kappa shape index (κ1) is 14.3. The van der Waals surface area contributed by atoms with Gasteiger partial charge < -0.3 is 14.6 Å². The van der Waals surface area contributed by atoms with Crippen molar-refractivity contribution in [3.63, 3.8) is 0 Å². The van der Waals surface area contributed by atoms with Gasteiger partial charge in [0.05, 0.1) is 20.1 Å². The number of carbonyl (C=O) groups is 1. The van der Waals surface area contributed by atoms with Gasteiger partial charge in [0.1, 0.15) is 5.01 Å². The maximum Gasteiger partial charge on any atom is 0.308 e. The summed E-state index contributed by atoms with van der Waals surface area (Å²) in [4.78, 5) is 15.6. The molecule has 0 bridgehead atoms. The van der Waals surface area contributed by atoms with Gasteiger partial charge in [-0.05, 0) is 25.1 Å². The van der Waals surface area contributed by atoms with Gasteiger partial charge in [-0.15, -0.1) is 11.3 Å². The zero-order valence-corrected chi connectivity index (χ0v) is 12.1. The van der Waals surface area contributed by atoms with Crippen molar-refractivity contribution >= 4 is 17.3 Å². The third kappa shape index (κ3) is 3.27. The molecule has 0 amide bonds. The minimum atomic E-state index is -0.857. The lowest BCUT2D eigenvalue weighted by Gasteiger charge is -2.09. The predicted octanol–water partition coefficient (Wildman–Crippen LogP) is 2.84. The fourth-order valence-electron chi connectivity index (χ4n) is 1.75. The normalized spacial score (nSPS) is 10.3. The molecule has 0 aliphatic heterocycles. The summed E-state index contributed by atoms with van der Waals surface area (Å²) in [5.41, 5.74) is 0.881. The van der Waals surface area contributed by atoms with Gasteiger partial charge in [-0.2, -0.15) is 0 Å². The van der Waals surface area contributed by atoms with Gasteiger partial charge in [-0.25, -0.2) is 4.98 Å². The molecule has 1 N–H and O–H groups in total. The van der Waals surface area contributed by atoms with E-state index < -0.39 is 5.97 Å². The van der Waals surface area contributed by atoms with E-state index in [1.165, 1.54) is 11.3 Å². The molecule has 0 atom stereocenters. The molecule has 0 unspecified atom stereocenters. The zero-order chi connectivity index (χ0) is 14.5. The molecule has 0 spiro atoms. The number of benzene rings is 1. The Labute approximate surface area is 120 Å². The Kier molecular flexibility index (Phi) is 4.57. The van der Waals surface area contributed by atoms with Crippen LogP contribution in [0.5, 0.6) is 11.5 Å². The number of rotatable bonds is 6. The number of carboxylic acid groups (broad SMARTS) is 1. The molecule has 1 heterocycles. The average molecular weight is 293 g/mol. The minimum Gasteiger partial charge on any atom is -0.493 e.